The molecule has 1 aromatic heterocycles. The Balaban J connectivity index is 2.15. The van der Waals surface area contributed by atoms with Gasteiger partial charge in [-0.1, -0.05) is 12.1 Å². The number of nitrogens with one attached hydrogen (secondary N) is 1. The molecule has 1 atom stereocenters. The molecule has 0 spiro atoms. The first-order chi connectivity index (χ1) is 14.6. The number of hydrogen-bond donors (Lipinski definition) is 1. The summed E-state index contributed by atoms with van der Waals surface area (Å²) in [4.78, 5) is 3.31. The van der Waals surface area contributed by atoms with Crippen LogP contribution in [-0.2, 0) is 23.2 Å². The summed E-state index contributed by atoms with van der Waals surface area (Å²) in [5.74, 6) is 1.02. The summed E-state index contributed by atoms with van der Waals surface area (Å²) in [7, 11) is -0.108. The Morgan fingerprint density at radius 1 is 1.06 bits per heavy atom. The minimum Gasteiger partial charge on any atom is -0.497 e. The maximum atomic E-state index is 13.4. The molecule has 0 bridgehead atoms. The lowest BCUT2D eigenvalue weighted by Gasteiger charge is -2.22. The van der Waals surface area contributed by atoms with E-state index in [0.29, 0.717) is 17.1 Å². The molecule has 3 rings (SSSR count). The number of benzene rings is 2. The van der Waals surface area contributed by atoms with Gasteiger partial charge in [0.2, 0.25) is 10.0 Å². The summed E-state index contributed by atoms with van der Waals surface area (Å²) in [5.41, 5.74) is -0.886. The number of ether oxygens (including phenoxy) is 2. The number of halogens is 3. The standard InChI is InChI=1S/C20H20F3N3O4S/c1-26-9-8-24-19(26)18(13-10-14(29-2)12-15(11-13)30-3)25-31(27,28)17-7-5-4-6-16(17)20(21,22)23/h4-12,18,25H,1-3H3/t18-/m0/s1. The second-order valence-electron chi connectivity index (χ2n) is 6.59. The van der Waals surface area contributed by atoms with Crippen LogP contribution in [0.4, 0.5) is 13.2 Å². The summed E-state index contributed by atoms with van der Waals surface area (Å²) >= 11 is 0. The van der Waals surface area contributed by atoms with E-state index in [2.05, 4.69) is 9.71 Å². The Kier molecular flexibility index (Phi) is 6.27. The molecule has 2 aromatic carbocycles. The zero-order valence-corrected chi connectivity index (χ0v) is 17.7. The molecule has 0 fully saturated rings. The van der Waals surface area contributed by atoms with Crippen LogP contribution in [0.15, 0.2) is 59.8 Å². The molecule has 3 aromatic rings. The number of methoxy groups -OCH3 is 2. The van der Waals surface area contributed by atoms with E-state index in [1.54, 1.807) is 36.0 Å². The summed E-state index contributed by atoms with van der Waals surface area (Å²) in [6.07, 6.45) is -1.79. The fourth-order valence-electron chi connectivity index (χ4n) is 3.08. The lowest BCUT2D eigenvalue weighted by molar-refractivity contribution is -0.139. The van der Waals surface area contributed by atoms with Gasteiger partial charge in [-0.2, -0.15) is 17.9 Å². The minimum atomic E-state index is -4.84. The third-order valence-corrected chi connectivity index (χ3v) is 6.06. The van der Waals surface area contributed by atoms with Gasteiger partial charge in [0.1, 0.15) is 23.4 Å². The number of sulfonamides is 1. The van der Waals surface area contributed by atoms with Crippen LogP contribution in [0.3, 0.4) is 0 Å². The summed E-state index contributed by atoms with van der Waals surface area (Å²) < 4.78 is 80.9. The fraction of sp³-hybridized carbons (Fsp3) is 0.250. The van der Waals surface area contributed by atoms with Crippen molar-refractivity contribution in [3.63, 3.8) is 0 Å². The van der Waals surface area contributed by atoms with E-state index < -0.39 is 32.7 Å². The molecule has 0 saturated heterocycles. The normalized spacial score (nSPS) is 13.1. The van der Waals surface area contributed by atoms with E-state index in [1.165, 1.54) is 26.5 Å². The lowest BCUT2D eigenvalue weighted by Crippen LogP contribution is -2.32. The van der Waals surface area contributed by atoms with Gasteiger partial charge < -0.3 is 14.0 Å². The van der Waals surface area contributed by atoms with Crippen molar-refractivity contribution in [2.45, 2.75) is 17.1 Å². The van der Waals surface area contributed by atoms with Crippen LogP contribution in [0.5, 0.6) is 11.5 Å². The summed E-state index contributed by atoms with van der Waals surface area (Å²) in [6, 6.07) is 7.58. The number of rotatable bonds is 7. The smallest absolute Gasteiger partial charge is 0.417 e. The van der Waals surface area contributed by atoms with Crippen molar-refractivity contribution < 1.29 is 31.1 Å². The maximum Gasteiger partial charge on any atom is 0.417 e. The van der Waals surface area contributed by atoms with Crippen LogP contribution in [0, 0.1) is 0 Å². The molecule has 31 heavy (non-hydrogen) atoms. The Morgan fingerprint density at radius 2 is 1.68 bits per heavy atom. The molecule has 0 aliphatic heterocycles. The highest BCUT2D eigenvalue weighted by molar-refractivity contribution is 7.89. The second kappa shape index (κ2) is 8.60. The summed E-state index contributed by atoms with van der Waals surface area (Å²) in [5, 5.41) is 0. The Bertz CT molecular complexity index is 1150. The first kappa shape index (κ1) is 22.6. The lowest BCUT2D eigenvalue weighted by atomic mass is 10.1. The van der Waals surface area contributed by atoms with Crippen molar-refractivity contribution >= 4 is 10.0 Å². The average Bonchev–Trinajstić information content (AvgIpc) is 3.16. The van der Waals surface area contributed by atoms with Crippen molar-refractivity contribution in [2.75, 3.05) is 14.2 Å². The Labute approximate surface area is 177 Å². The molecule has 166 valence electrons. The van der Waals surface area contributed by atoms with Crippen molar-refractivity contribution in [3.05, 3.63) is 71.8 Å². The number of aromatic nitrogens is 2. The molecular formula is C20H20F3N3O4S. The topological polar surface area (TPSA) is 82.4 Å². The van der Waals surface area contributed by atoms with Crippen LogP contribution < -0.4 is 14.2 Å². The van der Waals surface area contributed by atoms with E-state index in [0.717, 1.165) is 18.2 Å². The quantitative estimate of drug-likeness (QED) is 0.590. The largest absolute Gasteiger partial charge is 0.497 e. The molecule has 1 heterocycles. The molecule has 1 N–H and O–H groups in total. The Hall–Kier alpha value is -3.05. The molecule has 0 radical (unpaired) electrons. The highest BCUT2D eigenvalue weighted by atomic mass is 32.2. The first-order valence-corrected chi connectivity index (χ1v) is 10.4. The van der Waals surface area contributed by atoms with Crippen molar-refractivity contribution in [1.29, 1.82) is 0 Å². The molecule has 0 saturated carbocycles. The number of hydrogen-bond acceptors (Lipinski definition) is 5. The molecular weight excluding hydrogens is 435 g/mol. The van der Waals surface area contributed by atoms with Crippen LogP contribution in [0.2, 0.25) is 0 Å². The van der Waals surface area contributed by atoms with Crippen molar-refractivity contribution in [3.8, 4) is 11.5 Å². The number of imidazole rings is 1. The third kappa shape index (κ3) is 4.83. The highest BCUT2D eigenvalue weighted by Crippen LogP contribution is 2.35. The molecule has 0 aliphatic carbocycles. The number of alkyl halides is 3. The van der Waals surface area contributed by atoms with Gasteiger partial charge in [-0.15, -0.1) is 0 Å². The molecule has 7 nitrogen and oxygen atoms in total. The van der Waals surface area contributed by atoms with Crippen LogP contribution in [-0.4, -0.2) is 32.2 Å². The van der Waals surface area contributed by atoms with Crippen molar-refractivity contribution in [2.24, 2.45) is 7.05 Å². The molecule has 0 amide bonds. The first-order valence-electron chi connectivity index (χ1n) is 8.95. The average molecular weight is 455 g/mol. The van der Waals surface area contributed by atoms with Crippen molar-refractivity contribution in [1.82, 2.24) is 14.3 Å². The predicted octanol–water partition coefficient (Wildman–Crippen LogP) is 3.52. The zero-order valence-electron chi connectivity index (χ0n) is 16.8. The van der Waals surface area contributed by atoms with Gasteiger partial charge in [0.15, 0.2) is 0 Å². The van der Waals surface area contributed by atoms with Crippen LogP contribution >= 0.6 is 0 Å². The number of nitrogens with zero attached hydrogens (tertiary/aromatic N) is 2. The summed E-state index contributed by atoms with van der Waals surface area (Å²) in [6.45, 7) is 0. The second-order valence-corrected chi connectivity index (χ2v) is 8.27. The van der Waals surface area contributed by atoms with Crippen LogP contribution in [0.25, 0.3) is 0 Å². The molecule has 0 aliphatic rings. The highest BCUT2D eigenvalue weighted by Gasteiger charge is 2.38. The predicted molar refractivity (Wildman–Crippen MR) is 106 cm³/mol. The van der Waals surface area contributed by atoms with Gasteiger partial charge in [0.05, 0.1) is 24.7 Å². The van der Waals surface area contributed by atoms with E-state index in [4.69, 9.17) is 9.47 Å². The third-order valence-electron chi connectivity index (χ3n) is 4.58. The van der Waals surface area contributed by atoms with E-state index in [-0.39, 0.29) is 5.82 Å². The van der Waals surface area contributed by atoms with E-state index in [9.17, 15) is 21.6 Å². The van der Waals surface area contributed by atoms with Crippen LogP contribution in [0.1, 0.15) is 23.0 Å². The molecule has 0 unspecified atom stereocenters. The van der Waals surface area contributed by atoms with Gasteiger partial charge in [-0.25, -0.2) is 13.4 Å². The van der Waals surface area contributed by atoms with Gasteiger partial charge in [0.25, 0.3) is 0 Å². The number of aryl methyl sites for hydroxylation is 1. The fourth-order valence-corrected chi connectivity index (χ4v) is 4.48. The van der Waals surface area contributed by atoms with E-state index >= 15 is 0 Å². The van der Waals surface area contributed by atoms with Gasteiger partial charge >= 0.3 is 6.18 Å². The zero-order chi connectivity index (χ0) is 22.8. The Morgan fingerprint density at radius 3 is 2.19 bits per heavy atom. The molecule has 11 heteroatoms. The van der Waals surface area contributed by atoms with Gasteiger partial charge in [-0.05, 0) is 29.8 Å². The SMILES string of the molecule is COc1cc(OC)cc([C@H](NS(=O)(=O)c2ccccc2C(F)(F)F)c2nccn2C)c1. The van der Waals surface area contributed by atoms with Gasteiger partial charge in [-0.3, -0.25) is 0 Å². The monoisotopic (exact) mass is 455 g/mol. The van der Waals surface area contributed by atoms with E-state index in [1.807, 2.05) is 0 Å². The maximum absolute atomic E-state index is 13.4. The minimum absolute atomic E-state index is 0.267. The van der Waals surface area contributed by atoms with Gasteiger partial charge in [0, 0.05) is 25.5 Å².